The molecule has 1 heterocycles. The molecule has 5 heteroatoms. The Labute approximate surface area is 108 Å². The smallest absolute Gasteiger partial charge is 0.264 e. The van der Waals surface area contributed by atoms with Crippen molar-refractivity contribution < 1.29 is 13.2 Å². The fourth-order valence-electron chi connectivity index (χ4n) is 1.69. The molecule has 2 nitrogen and oxygen atoms in total. The number of rotatable bonds is 2. The van der Waals surface area contributed by atoms with Gasteiger partial charge in [0.15, 0.2) is 0 Å². The normalized spacial score (nSPS) is 11.1. The number of nitrogens with zero attached hydrogens (tertiary/aromatic N) is 2. The van der Waals surface area contributed by atoms with Gasteiger partial charge in [0.1, 0.15) is 0 Å². The summed E-state index contributed by atoms with van der Waals surface area (Å²) in [6.07, 6.45) is -0.985. The van der Waals surface area contributed by atoms with Gasteiger partial charge in [-0.2, -0.15) is 18.4 Å². The van der Waals surface area contributed by atoms with Gasteiger partial charge in [0.2, 0.25) is 0 Å². The van der Waals surface area contributed by atoms with E-state index < -0.39 is 11.7 Å². The first kappa shape index (κ1) is 13.1. The molecule has 0 amide bonds. The van der Waals surface area contributed by atoms with Crippen molar-refractivity contribution in [2.75, 3.05) is 0 Å². The van der Waals surface area contributed by atoms with Crippen molar-refractivity contribution in [2.45, 2.75) is 12.6 Å². The van der Waals surface area contributed by atoms with Crippen molar-refractivity contribution in [1.82, 2.24) is 4.98 Å². The minimum absolute atomic E-state index is 0.224. The first-order chi connectivity index (χ1) is 9.00. The highest BCUT2D eigenvalue weighted by molar-refractivity contribution is 5.63. The SMILES string of the molecule is N#CCc1cncc(-c2ccc(C(F)(F)F)cc2)c1. The summed E-state index contributed by atoms with van der Waals surface area (Å²) in [5, 5.41) is 8.60. The average molecular weight is 262 g/mol. The van der Waals surface area contributed by atoms with Crippen LogP contribution in [0.5, 0.6) is 0 Å². The van der Waals surface area contributed by atoms with Crippen LogP contribution in [0.3, 0.4) is 0 Å². The molecule has 0 bridgehead atoms. The van der Waals surface area contributed by atoms with Crippen molar-refractivity contribution in [2.24, 2.45) is 0 Å². The predicted octanol–water partition coefficient (Wildman–Crippen LogP) is 3.83. The van der Waals surface area contributed by atoms with Gasteiger partial charge >= 0.3 is 6.18 Å². The molecule has 0 atom stereocenters. The monoisotopic (exact) mass is 262 g/mol. The molecule has 0 aliphatic rings. The molecule has 1 aromatic carbocycles. The second kappa shape index (κ2) is 5.11. The molecular weight excluding hydrogens is 253 g/mol. The van der Waals surface area contributed by atoms with E-state index in [-0.39, 0.29) is 6.42 Å². The number of nitriles is 1. The van der Waals surface area contributed by atoms with E-state index in [9.17, 15) is 13.2 Å². The molecule has 1 aromatic heterocycles. The molecule has 0 aliphatic heterocycles. The lowest BCUT2D eigenvalue weighted by atomic mass is 10.0. The van der Waals surface area contributed by atoms with Crippen molar-refractivity contribution in [3.63, 3.8) is 0 Å². The van der Waals surface area contributed by atoms with Gasteiger partial charge in [-0.05, 0) is 29.3 Å². The summed E-state index contributed by atoms with van der Waals surface area (Å²) in [6.45, 7) is 0. The topological polar surface area (TPSA) is 36.7 Å². The molecule has 0 saturated carbocycles. The van der Waals surface area contributed by atoms with E-state index in [0.29, 0.717) is 11.1 Å². The van der Waals surface area contributed by atoms with E-state index in [1.165, 1.54) is 12.1 Å². The van der Waals surface area contributed by atoms with Crippen molar-refractivity contribution in [1.29, 1.82) is 5.26 Å². The summed E-state index contributed by atoms with van der Waals surface area (Å²) in [5.74, 6) is 0. The van der Waals surface area contributed by atoms with Gasteiger partial charge in [0.05, 0.1) is 18.1 Å². The third kappa shape index (κ3) is 3.10. The number of alkyl halides is 3. The lowest BCUT2D eigenvalue weighted by Crippen LogP contribution is -2.04. The molecule has 19 heavy (non-hydrogen) atoms. The van der Waals surface area contributed by atoms with Crippen molar-refractivity contribution in [3.8, 4) is 17.2 Å². The van der Waals surface area contributed by atoms with Gasteiger partial charge in [0, 0.05) is 18.0 Å². The van der Waals surface area contributed by atoms with Crippen LogP contribution in [0.1, 0.15) is 11.1 Å². The van der Waals surface area contributed by atoms with Gasteiger partial charge in [-0.3, -0.25) is 4.98 Å². The molecule has 0 spiro atoms. The molecule has 0 fully saturated rings. The van der Waals surface area contributed by atoms with Crippen LogP contribution in [0.2, 0.25) is 0 Å². The van der Waals surface area contributed by atoms with Crippen LogP contribution in [0.25, 0.3) is 11.1 Å². The lowest BCUT2D eigenvalue weighted by Gasteiger charge is -2.08. The first-order valence-corrected chi connectivity index (χ1v) is 5.49. The van der Waals surface area contributed by atoms with Crippen LogP contribution in [-0.2, 0) is 12.6 Å². The van der Waals surface area contributed by atoms with Gasteiger partial charge in [0.25, 0.3) is 0 Å². The van der Waals surface area contributed by atoms with E-state index in [2.05, 4.69) is 4.98 Å². The maximum atomic E-state index is 12.4. The van der Waals surface area contributed by atoms with Gasteiger partial charge < -0.3 is 0 Å². The molecule has 0 unspecified atom stereocenters. The number of hydrogen-bond acceptors (Lipinski definition) is 2. The van der Waals surface area contributed by atoms with E-state index in [1.807, 2.05) is 6.07 Å². The van der Waals surface area contributed by atoms with Crippen LogP contribution in [-0.4, -0.2) is 4.98 Å². The summed E-state index contributed by atoms with van der Waals surface area (Å²) in [7, 11) is 0. The predicted molar refractivity (Wildman–Crippen MR) is 64.0 cm³/mol. The van der Waals surface area contributed by atoms with E-state index in [4.69, 9.17) is 5.26 Å². The summed E-state index contributed by atoms with van der Waals surface area (Å²) in [4.78, 5) is 3.98. The molecule has 0 saturated heterocycles. The Morgan fingerprint density at radius 2 is 1.74 bits per heavy atom. The average Bonchev–Trinajstić information content (AvgIpc) is 2.39. The Bertz CT molecular complexity index is 610. The zero-order valence-corrected chi connectivity index (χ0v) is 9.78. The van der Waals surface area contributed by atoms with Gasteiger partial charge in [-0.25, -0.2) is 0 Å². The molecule has 2 aromatic rings. The van der Waals surface area contributed by atoms with E-state index in [0.717, 1.165) is 17.7 Å². The molecule has 0 radical (unpaired) electrons. The number of aromatic nitrogens is 1. The van der Waals surface area contributed by atoms with Gasteiger partial charge in [-0.15, -0.1) is 0 Å². The fourth-order valence-corrected chi connectivity index (χ4v) is 1.69. The third-order valence-electron chi connectivity index (χ3n) is 2.62. The highest BCUT2D eigenvalue weighted by atomic mass is 19.4. The molecule has 2 rings (SSSR count). The maximum Gasteiger partial charge on any atom is 0.416 e. The summed E-state index contributed by atoms with van der Waals surface area (Å²) in [5.41, 5.74) is 1.39. The Morgan fingerprint density at radius 1 is 1.05 bits per heavy atom. The molecule has 0 N–H and O–H groups in total. The van der Waals surface area contributed by atoms with Crippen molar-refractivity contribution in [3.05, 3.63) is 53.9 Å². The van der Waals surface area contributed by atoms with Crippen LogP contribution >= 0.6 is 0 Å². The number of hydrogen-bond donors (Lipinski definition) is 0. The summed E-state index contributed by atoms with van der Waals surface area (Å²) >= 11 is 0. The highest BCUT2D eigenvalue weighted by Gasteiger charge is 2.29. The molecule has 0 aliphatic carbocycles. The Kier molecular flexibility index (Phi) is 3.52. The Balaban J connectivity index is 2.32. The zero-order chi connectivity index (χ0) is 13.9. The molecular formula is C14H9F3N2. The summed E-state index contributed by atoms with van der Waals surface area (Å²) < 4.78 is 37.3. The number of halogens is 3. The van der Waals surface area contributed by atoms with Crippen LogP contribution < -0.4 is 0 Å². The first-order valence-electron chi connectivity index (χ1n) is 5.49. The standard InChI is InChI=1S/C14H9F3N2/c15-14(16,17)13-3-1-11(2-4-13)12-7-10(5-6-18)8-19-9-12/h1-4,7-9H,5H2. The maximum absolute atomic E-state index is 12.4. The van der Waals surface area contributed by atoms with Gasteiger partial charge in [-0.1, -0.05) is 12.1 Å². The Hall–Kier alpha value is -2.35. The van der Waals surface area contributed by atoms with Crippen LogP contribution in [0.15, 0.2) is 42.7 Å². The quantitative estimate of drug-likeness (QED) is 0.824. The minimum Gasteiger partial charge on any atom is -0.264 e. The second-order valence-electron chi connectivity index (χ2n) is 3.99. The lowest BCUT2D eigenvalue weighted by molar-refractivity contribution is -0.137. The highest BCUT2D eigenvalue weighted by Crippen LogP contribution is 2.30. The largest absolute Gasteiger partial charge is 0.416 e. The Morgan fingerprint density at radius 3 is 2.32 bits per heavy atom. The summed E-state index contributed by atoms with van der Waals surface area (Å²) in [6, 6.07) is 8.62. The van der Waals surface area contributed by atoms with Crippen molar-refractivity contribution >= 4 is 0 Å². The zero-order valence-electron chi connectivity index (χ0n) is 9.78. The van der Waals surface area contributed by atoms with Crippen LogP contribution in [0, 0.1) is 11.3 Å². The fraction of sp³-hybridized carbons (Fsp3) is 0.143. The number of pyridine rings is 1. The third-order valence-corrected chi connectivity index (χ3v) is 2.62. The minimum atomic E-state index is -4.33. The second-order valence-corrected chi connectivity index (χ2v) is 3.99. The van der Waals surface area contributed by atoms with E-state index >= 15 is 0 Å². The van der Waals surface area contributed by atoms with E-state index in [1.54, 1.807) is 18.5 Å². The molecule has 96 valence electrons. The van der Waals surface area contributed by atoms with Crippen LogP contribution in [0.4, 0.5) is 13.2 Å². The number of benzene rings is 1.